The molecule has 0 radical (unpaired) electrons. The van der Waals surface area contributed by atoms with Gasteiger partial charge in [-0.2, -0.15) is 0 Å². The first-order valence-corrected chi connectivity index (χ1v) is 6.57. The SMILES string of the molecule is COC(=O)c1occc1COC(=O)c1ccc(Cl)c([N+](=O)[O-])c1. The highest BCUT2D eigenvalue weighted by atomic mass is 35.5. The molecule has 0 aliphatic rings. The molecule has 1 aromatic heterocycles. The van der Waals surface area contributed by atoms with E-state index in [1.165, 1.54) is 31.6 Å². The number of ether oxygens (including phenoxy) is 2. The van der Waals surface area contributed by atoms with Gasteiger partial charge in [0.15, 0.2) is 0 Å². The number of carbonyl (C=O) groups excluding carboxylic acids is 2. The minimum Gasteiger partial charge on any atom is -0.463 e. The number of nitrogens with zero attached hydrogens (tertiary/aromatic N) is 1. The lowest BCUT2D eigenvalue weighted by molar-refractivity contribution is -0.384. The average Bonchev–Trinajstić information content (AvgIpc) is 3.00. The lowest BCUT2D eigenvalue weighted by Crippen LogP contribution is -2.08. The number of hydrogen-bond acceptors (Lipinski definition) is 7. The minimum absolute atomic E-state index is 0.0378. The Morgan fingerprint density at radius 3 is 2.70 bits per heavy atom. The van der Waals surface area contributed by atoms with Crippen molar-refractivity contribution in [2.75, 3.05) is 7.11 Å². The molecule has 8 nitrogen and oxygen atoms in total. The lowest BCUT2D eigenvalue weighted by atomic mass is 10.2. The van der Waals surface area contributed by atoms with Gasteiger partial charge < -0.3 is 13.9 Å². The number of nitro benzene ring substituents is 1. The summed E-state index contributed by atoms with van der Waals surface area (Å²) in [4.78, 5) is 33.5. The van der Waals surface area contributed by atoms with Crippen molar-refractivity contribution in [3.63, 3.8) is 0 Å². The molecule has 120 valence electrons. The van der Waals surface area contributed by atoms with Gasteiger partial charge in [-0.1, -0.05) is 11.6 Å². The molecule has 0 N–H and O–H groups in total. The molecule has 9 heteroatoms. The molecule has 0 unspecified atom stereocenters. The number of esters is 2. The minimum atomic E-state index is -0.804. The smallest absolute Gasteiger partial charge is 0.374 e. The van der Waals surface area contributed by atoms with E-state index in [9.17, 15) is 19.7 Å². The van der Waals surface area contributed by atoms with E-state index in [4.69, 9.17) is 20.8 Å². The zero-order valence-electron chi connectivity index (χ0n) is 11.8. The molecule has 0 atom stereocenters. The monoisotopic (exact) mass is 339 g/mol. The molecule has 1 heterocycles. The van der Waals surface area contributed by atoms with E-state index in [-0.39, 0.29) is 23.0 Å². The third kappa shape index (κ3) is 3.67. The highest BCUT2D eigenvalue weighted by Gasteiger charge is 2.20. The quantitative estimate of drug-likeness (QED) is 0.468. The standard InChI is InChI=1S/C14H10ClNO7/c1-21-14(18)12-9(4-5-22-12)7-23-13(17)8-2-3-10(15)11(6-8)16(19)20/h2-6H,7H2,1H3. The first kappa shape index (κ1) is 16.5. The molecule has 0 amide bonds. The van der Waals surface area contributed by atoms with Crippen molar-refractivity contribution in [2.24, 2.45) is 0 Å². The van der Waals surface area contributed by atoms with Crippen LogP contribution in [0.1, 0.15) is 26.5 Å². The number of methoxy groups -OCH3 is 1. The summed E-state index contributed by atoms with van der Waals surface area (Å²) in [5.41, 5.74) is -0.127. The first-order chi connectivity index (χ1) is 10.9. The summed E-state index contributed by atoms with van der Waals surface area (Å²) in [7, 11) is 1.19. The van der Waals surface area contributed by atoms with Crippen molar-refractivity contribution in [1.29, 1.82) is 0 Å². The molecule has 0 fully saturated rings. The van der Waals surface area contributed by atoms with Gasteiger partial charge in [-0.05, 0) is 18.2 Å². The van der Waals surface area contributed by atoms with E-state index in [0.717, 1.165) is 6.07 Å². The summed E-state index contributed by atoms with van der Waals surface area (Å²) in [6.07, 6.45) is 1.25. The summed E-state index contributed by atoms with van der Waals surface area (Å²) < 4.78 is 14.5. The van der Waals surface area contributed by atoms with Crippen LogP contribution in [0.2, 0.25) is 5.02 Å². The summed E-state index contributed by atoms with van der Waals surface area (Å²) in [5.74, 6) is -1.59. The highest BCUT2D eigenvalue weighted by molar-refractivity contribution is 6.32. The van der Waals surface area contributed by atoms with Gasteiger partial charge in [0.2, 0.25) is 5.76 Å². The van der Waals surface area contributed by atoms with Crippen molar-refractivity contribution in [3.8, 4) is 0 Å². The molecule has 2 aromatic rings. The van der Waals surface area contributed by atoms with Crippen LogP contribution in [-0.2, 0) is 16.1 Å². The van der Waals surface area contributed by atoms with E-state index >= 15 is 0 Å². The van der Waals surface area contributed by atoms with Gasteiger partial charge in [0.25, 0.3) is 5.69 Å². The average molecular weight is 340 g/mol. The van der Waals surface area contributed by atoms with Crippen LogP contribution in [0.15, 0.2) is 34.9 Å². The molecular weight excluding hydrogens is 330 g/mol. The molecule has 0 saturated carbocycles. The molecule has 1 aromatic carbocycles. The van der Waals surface area contributed by atoms with Gasteiger partial charge in [0.05, 0.1) is 23.9 Å². The third-order valence-corrected chi connectivity index (χ3v) is 3.17. The molecule has 0 saturated heterocycles. The van der Waals surface area contributed by atoms with E-state index in [0.29, 0.717) is 5.56 Å². The lowest BCUT2D eigenvalue weighted by Gasteiger charge is -2.05. The van der Waals surface area contributed by atoms with Gasteiger partial charge in [-0.25, -0.2) is 9.59 Å². The van der Waals surface area contributed by atoms with Gasteiger partial charge in [0, 0.05) is 11.6 Å². The third-order valence-electron chi connectivity index (χ3n) is 2.85. The Morgan fingerprint density at radius 2 is 2.04 bits per heavy atom. The topological polar surface area (TPSA) is 109 Å². The van der Waals surface area contributed by atoms with Crippen LogP contribution < -0.4 is 0 Å². The Morgan fingerprint density at radius 1 is 1.30 bits per heavy atom. The number of rotatable bonds is 5. The van der Waals surface area contributed by atoms with Crippen LogP contribution in [0, 0.1) is 10.1 Å². The van der Waals surface area contributed by atoms with Crippen molar-refractivity contribution in [2.45, 2.75) is 6.61 Å². The van der Waals surface area contributed by atoms with Crippen molar-refractivity contribution < 1.29 is 28.4 Å². The fourth-order valence-electron chi connectivity index (χ4n) is 1.73. The second-order valence-electron chi connectivity index (χ2n) is 4.27. The molecule has 0 aliphatic heterocycles. The van der Waals surface area contributed by atoms with E-state index in [2.05, 4.69) is 4.74 Å². The summed E-state index contributed by atoms with van der Waals surface area (Å²) in [5, 5.41) is 10.7. The number of hydrogen-bond donors (Lipinski definition) is 0. The maximum Gasteiger partial charge on any atom is 0.374 e. The zero-order valence-corrected chi connectivity index (χ0v) is 12.5. The van der Waals surface area contributed by atoms with Crippen LogP contribution >= 0.6 is 11.6 Å². The van der Waals surface area contributed by atoms with E-state index in [1.54, 1.807) is 0 Å². The largest absolute Gasteiger partial charge is 0.463 e. The Hall–Kier alpha value is -2.87. The van der Waals surface area contributed by atoms with Crippen molar-refractivity contribution in [3.05, 3.63) is 62.6 Å². The molecular formula is C14H10ClNO7. The number of nitro groups is 1. The summed E-state index contributed by atoms with van der Waals surface area (Å²) >= 11 is 5.67. The number of halogens is 1. The Bertz CT molecular complexity index is 768. The first-order valence-electron chi connectivity index (χ1n) is 6.19. The number of furan rings is 1. The molecule has 2 rings (SSSR count). The van der Waals surface area contributed by atoms with Gasteiger partial charge in [0.1, 0.15) is 11.6 Å². The predicted octanol–water partition coefficient (Wildman–Crippen LogP) is 2.98. The van der Waals surface area contributed by atoms with Crippen LogP contribution in [0.25, 0.3) is 0 Å². The van der Waals surface area contributed by atoms with Crippen LogP contribution in [-0.4, -0.2) is 24.0 Å². The van der Waals surface area contributed by atoms with Gasteiger partial charge in [-0.3, -0.25) is 10.1 Å². The van der Waals surface area contributed by atoms with Crippen molar-refractivity contribution >= 4 is 29.2 Å². The molecule has 23 heavy (non-hydrogen) atoms. The second-order valence-corrected chi connectivity index (χ2v) is 4.67. The Kier molecular flexibility index (Phi) is 4.97. The zero-order chi connectivity index (χ0) is 17.0. The van der Waals surface area contributed by atoms with Crippen molar-refractivity contribution in [1.82, 2.24) is 0 Å². The Balaban J connectivity index is 2.12. The van der Waals surface area contributed by atoms with Crippen LogP contribution in [0.4, 0.5) is 5.69 Å². The normalized spacial score (nSPS) is 10.2. The maximum absolute atomic E-state index is 11.9. The van der Waals surface area contributed by atoms with Crippen LogP contribution in [0.3, 0.4) is 0 Å². The van der Waals surface area contributed by atoms with E-state index in [1.807, 2.05) is 0 Å². The highest BCUT2D eigenvalue weighted by Crippen LogP contribution is 2.25. The Labute approximate surface area is 134 Å². The van der Waals surface area contributed by atoms with Gasteiger partial charge >= 0.3 is 11.9 Å². The molecule has 0 aliphatic carbocycles. The second kappa shape index (κ2) is 6.93. The summed E-state index contributed by atoms with van der Waals surface area (Å²) in [6.45, 7) is -0.254. The number of benzene rings is 1. The van der Waals surface area contributed by atoms with Crippen LogP contribution in [0.5, 0.6) is 0 Å². The van der Waals surface area contributed by atoms with Gasteiger partial charge in [-0.15, -0.1) is 0 Å². The molecule has 0 bridgehead atoms. The predicted molar refractivity (Wildman–Crippen MR) is 77.3 cm³/mol. The maximum atomic E-state index is 11.9. The fraction of sp³-hybridized carbons (Fsp3) is 0.143. The fourth-order valence-corrected chi connectivity index (χ4v) is 1.91. The summed E-state index contributed by atoms with van der Waals surface area (Å²) in [6, 6.07) is 4.99. The number of carbonyl (C=O) groups is 2. The molecule has 0 spiro atoms. The van der Waals surface area contributed by atoms with E-state index < -0.39 is 22.5 Å².